The van der Waals surface area contributed by atoms with Crippen LogP contribution in [-0.2, 0) is 17.6 Å². The van der Waals surface area contributed by atoms with Crippen LogP contribution in [0.3, 0.4) is 0 Å². The molecule has 10 heteroatoms. The Hall–Kier alpha value is -2.90. The van der Waals surface area contributed by atoms with E-state index in [1.54, 1.807) is 11.8 Å². The van der Waals surface area contributed by atoms with E-state index >= 15 is 0 Å². The van der Waals surface area contributed by atoms with Crippen LogP contribution in [0, 0.1) is 11.3 Å². The molecule has 0 aliphatic heterocycles. The molecule has 2 aromatic heterocycles. The van der Waals surface area contributed by atoms with Gasteiger partial charge in [0.1, 0.15) is 22.5 Å². The summed E-state index contributed by atoms with van der Waals surface area (Å²) >= 11 is 2.74. The zero-order valence-corrected chi connectivity index (χ0v) is 17.3. The van der Waals surface area contributed by atoms with Gasteiger partial charge in [-0.2, -0.15) is 9.94 Å². The molecule has 3 aromatic rings. The molecule has 0 unspecified atom stereocenters. The first kappa shape index (κ1) is 19.4. The summed E-state index contributed by atoms with van der Waals surface area (Å²) in [4.78, 5) is 13.7. The molecule has 8 nitrogen and oxygen atoms in total. The molecule has 0 radical (unpaired) electrons. The van der Waals surface area contributed by atoms with Crippen molar-refractivity contribution in [2.45, 2.75) is 30.8 Å². The highest BCUT2D eigenvalue weighted by atomic mass is 32.2. The van der Waals surface area contributed by atoms with Gasteiger partial charge in [0.15, 0.2) is 0 Å². The molecule has 1 amide bonds. The first-order chi connectivity index (χ1) is 14.2. The minimum Gasteiger partial charge on any atom is -0.494 e. The maximum absolute atomic E-state index is 12.5. The molecule has 2 heterocycles. The minimum absolute atomic E-state index is 0.128. The van der Waals surface area contributed by atoms with Crippen LogP contribution in [0.25, 0.3) is 5.69 Å². The van der Waals surface area contributed by atoms with E-state index in [4.69, 9.17) is 4.74 Å². The second-order valence-electron chi connectivity index (χ2n) is 6.41. The van der Waals surface area contributed by atoms with Crippen LogP contribution in [0.1, 0.15) is 28.8 Å². The highest BCUT2D eigenvalue weighted by Crippen LogP contribution is 2.37. The Bertz CT molecular complexity index is 1080. The van der Waals surface area contributed by atoms with Crippen LogP contribution >= 0.6 is 23.1 Å². The maximum Gasteiger partial charge on any atom is 0.235 e. The van der Waals surface area contributed by atoms with Gasteiger partial charge in [-0.1, -0.05) is 23.9 Å². The zero-order valence-electron chi connectivity index (χ0n) is 15.7. The van der Waals surface area contributed by atoms with Crippen molar-refractivity contribution in [2.75, 3.05) is 18.2 Å². The van der Waals surface area contributed by atoms with Gasteiger partial charge in [0.2, 0.25) is 11.1 Å². The van der Waals surface area contributed by atoms with Crippen LogP contribution in [0.4, 0.5) is 5.00 Å². The molecule has 0 spiro atoms. The third-order valence-corrected chi connectivity index (χ3v) is 6.75. The van der Waals surface area contributed by atoms with Crippen LogP contribution in [0.15, 0.2) is 29.4 Å². The van der Waals surface area contributed by atoms with Crippen molar-refractivity contribution < 1.29 is 9.53 Å². The lowest BCUT2D eigenvalue weighted by molar-refractivity contribution is -0.113. The number of hydrogen-bond acceptors (Lipinski definition) is 8. The number of aryl methyl sites for hydroxylation is 1. The van der Waals surface area contributed by atoms with E-state index in [9.17, 15) is 10.1 Å². The average Bonchev–Trinajstić information content (AvgIpc) is 3.35. The monoisotopic (exact) mass is 426 g/mol. The summed E-state index contributed by atoms with van der Waals surface area (Å²) in [6, 6.07) is 9.65. The van der Waals surface area contributed by atoms with Crippen molar-refractivity contribution in [3.05, 3.63) is 40.3 Å². The number of thioether (sulfide) groups is 1. The number of carbonyl (C=O) groups excluding carboxylic acids is 1. The lowest BCUT2D eigenvalue weighted by Gasteiger charge is -2.09. The number of fused-ring (bicyclic) bond motifs is 1. The van der Waals surface area contributed by atoms with Gasteiger partial charge in [0.25, 0.3) is 0 Å². The molecule has 1 aliphatic rings. The number of hydrogen-bond donors (Lipinski definition) is 1. The summed E-state index contributed by atoms with van der Waals surface area (Å²) < 4.78 is 6.90. The molecule has 148 valence electrons. The van der Waals surface area contributed by atoms with Gasteiger partial charge < -0.3 is 10.1 Å². The Morgan fingerprint density at radius 1 is 1.38 bits per heavy atom. The number of tetrazole rings is 1. The number of ether oxygens (including phenoxy) is 1. The van der Waals surface area contributed by atoms with E-state index in [1.807, 2.05) is 24.3 Å². The van der Waals surface area contributed by atoms with Crippen molar-refractivity contribution >= 4 is 34.0 Å². The first-order valence-electron chi connectivity index (χ1n) is 9.10. The summed E-state index contributed by atoms with van der Waals surface area (Å²) in [5.41, 5.74) is 2.41. The van der Waals surface area contributed by atoms with Gasteiger partial charge >= 0.3 is 0 Å². The summed E-state index contributed by atoms with van der Waals surface area (Å²) in [6.45, 7) is 0. The highest BCUT2D eigenvalue weighted by molar-refractivity contribution is 7.99. The van der Waals surface area contributed by atoms with E-state index < -0.39 is 0 Å². The number of benzene rings is 1. The fraction of sp³-hybridized carbons (Fsp3) is 0.316. The Kier molecular flexibility index (Phi) is 5.78. The minimum atomic E-state index is -0.195. The molecule has 0 atom stereocenters. The number of anilines is 1. The average molecular weight is 427 g/mol. The summed E-state index contributed by atoms with van der Waals surface area (Å²) in [6.07, 6.45) is 4.11. The lowest BCUT2D eigenvalue weighted by Crippen LogP contribution is -2.14. The van der Waals surface area contributed by atoms with E-state index in [-0.39, 0.29) is 11.7 Å². The zero-order chi connectivity index (χ0) is 20.2. The molecular weight excluding hydrogens is 408 g/mol. The van der Waals surface area contributed by atoms with Gasteiger partial charge in [0.05, 0.1) is 18.4 Å². The Morgan fingerprint density at radius 3 is 3.03 bits per heavy atom. The predicted molar refractivity (Wildman–Crippen MR) is 111 cm³/mol. The second kappa shape index (κ2) is 8.63. The largest absolute Gasteiger partial charge is 0.494 e. The number of carbonyl (C=O) groups is 1. The molecular formula is C19H18N6O2S2. The lowest BCUT2D eigenvalue weighted by atomic mass is 9.96. The standard InChI is InChI=1S/C19H18N6O2S2/c1-27-15-8-4-3-7-14(15)25-19(22-23-24-25)28-11-17(26)21-18-13(10-20)12-6-2-5-9-16(12)29-18/h3-4,7-8H,2,5-6,9,11H2,1H3,(H,21,26). The molecule has 0 bridgehead atoms. The number of amides is 1. The van der Waals surface area contributed by atoms with Gasteiger partial charge in [-0.15, -0.1) is 16.4 Å². The van der Waals surface area contributed by atoms with Crippen LogP contribution < -0.4 is 10.1 Å². The van der Waals surface area contributed by atoms with E-state index in [2.05, 4.69) is 26.9 Å². The van der Waals surface area contributed by atoms with E-state index in [1.165, 1.54) is 28.0 Å². The quantitative estimate of drug-likeness (QED) is 0.603. The highest BCUT2D eigenvalue weighted by Gasteiger charge is 2.22. The summed E-state index contributed by atoms with van der Waals surface area (Å²) in [5.74, 6) is 0.566. The van der Waals surface area contributed by atoms with Crippen LogP contribution in [0.5, 0.6) is 5.75 Å². The third kappa shape index (κ3) is 3.97. The molecule has 4 rings (SSSR count). The molecule has 0 saturated heterocycles. The van der Waals surface area contributed by atoms with Gasteiger partial charge in [-0.05, 0) is 53.8 Å². The van der Waals surface area contributed by atoms with Crippen molar-refractivity contribution in [3.8, 4) is 17.5 Å². The van der Waals surface area contributed by atoms with Crippen molar-refractivity contribution in [1.29, 1.82) is 5.26 Å². The molecule has 1 N–H and O–H groups in total. The molecule has 0 saturated carbocycles. The van der Waals surface area contributed by atoms with Crippen LogP contribution in [-0.4, -0.2) is 39.0 Å². The molecule has 0 fully saturated rings. The fourth-order valence-electron chi connectivity index (χ4n) is 3.29. The van der Waals surface area contributed by atoms with E-state index in [0.717, 1.165) is 31.2 Å². The Labute approximate surface area is 175 Å². The number of thiophene rings is 1. The first-order valence-corrected chi connectivity index (χ1v) is 10.9. The summed E-state index contributed by atoms with van der Waals surface area (Å²) in [7, 11) is 1.58. The van der Waals surface area contributed by atoms with Gasteiger partial charge in [-0.3, -0.25) is 4.79 Å². The van der Waals surface area contributed by atoms with Crippen molar-refractivity contribution in [2.24, 2.45) is 0 Å². The van der Waals surface area contributed by atoms with Crippen LogP contribution in [0.2, 0.25) is 0 Å². The number of aromatic nitrogens is 4. The molecule has 1 aromatic carbocycles. The molecule has 29 heavy (non-hydrogen) atoms. The van der Waals surface area contributed by atoms with Gasteiger partial charge in [0, 0.05) is 4.88 Å². The number of nitrogens with zero attached hydrogens (tertiary/aromatic N) is 5. The van der Waals surface area contributed by atoms with Crippen molar-refractivity contribution in [1.82, 2.24) is 20.2 Å². The smallest absolute Gasteiger partial charge is 0.235 e. The van der Waals surface area contributed by atoms with E-state index in [0.29, 0.717) is 27.2 Å². The number of nitrogens with one attached hydrogen (secondary N) is 1. The number of methoxy groups -OCH3 is 1. The number of para-hydroxylation sites is 2. The van der Waals surface area contributed by atoms with Crippen molar-refractivity contribution in [3.63, 3.8) is 0 Å². The number of rotatable bonds is 6. The second-order valence-corrected chi connectivity index (χ2v) is 8.46. The maximum atomic E-state index is 12.5. The Morgan fingerprint density at radius 2 is 2.21 bits per heavy atom. The predicted octanol–water partition coefficient (Wildman–Crippen LogP) is 3.21. The topological polar surface area (TPSA) is 106 Å². The third-order valence-electron chi connectivity index (χ3n) is 4.62. The fourth-order valence-corrected chi connectivity index (χ4v) is 5.23. The van der Waals surface area contributed by atoms with Gasteiger partial charge in [-0.25, -0.2) is 0 Å². The number of nitriles is 1. The summed E-state index contributed by atoms with van der Waals surface area (Å²) in [5, 5.41) is 25.3. The normalized spacial score (nSPS) is 12.8. The molecule has 1 aliphatic carbocycles. The SMILES string of the molecule is COc1ccccc1-n1nnnc1SCC(=O)Nc1sc2c(c1C#N)CCCC2. The Balaban J connectivity index is 1.46.